The van der Waals surface area contributed by atoms with Gasteiger partial charge in [-0.1, -0.05) is 70.2 Å². The van der Waals surface area contributed by atoms with Crippen molar-refractivity contribution in [1.29, 1.82) is 0 Å². The van der Waals surface area contributed by atoms with E-state index in [-0.39, 0.29) is 10.8 Å². The van der Waals surface area contributed by atoms with Crippen molar-refractivity contribution >= 4 is 10.8 Å². The summed E-state index contributed by atoms with van der Waals surface area (Å²) in [7, 11) is 2.15. The van der Waals surface area contributed by atoms with Crippen LogP contribution in [0.15, 0.2) is 66.9 Å². The first-order valence-corrected chi connectivity index (χ1v) is 11.3. The number of rotatable bonds is 1. The summed E-state index contributed by atoms with van der Waals surface area (Å²) < 4.78 is 2.26. The monoisotopic (exact) mass is 406 g/mol. The Morgan fingerprint density at radius 2 is 1.42 bits per heavy atom. The number of aromatic nitrogens is 1. The van der Waals surface area contributed by atoms with E-state index in [0.717, 1.165) is 0 Å². The number of benzene rings is 3. The minimum absolute atomic E-state index is 0.00348. The summed E-state index contributed by atoms with van der Waals surface area (Å²) in [6.45, 7) is 14.1. The number of nitrogens with zero attached hydrogens (tertiary/aromatic N) is 1. The lowest BCUT2D eigenvalue weighted by Crippen LogP contribution is -2.43. The normalized spacial score (nSPS) is 16.1. The van der Waals surface area contributed by atoms with E-state index in [9.17, 15) is 0 Å². The van der Waals surface area contributed by atoms with Crippen LogP contribution < -0.4 is 4.57 Å². The maximum absolute atomic E-state index is 2.47. The van der Waals surface area contributed by atoms with Gasteiger partial charge in [-0.15, -0.1) is 0 Å². The molecule has 1 heterocycles. The highest BCUT2D eigenvalue weighted by Gasteiger charge is 2.46. The van der Waals surface area contributed by atoms with Crippen LogP contribution in [0.5, 0.6) is 0 Å². The summed E-state index contributed by atoms with van der Waals surface area (Å²) in [5.74, 6) is 0. The molecule has 1 aliphatic carbocycles. The highest BCUT2D eigenvalue weighted by molar-refractivity contribution is 6.01. The van der Waals surface area contributed by atoms with Crippen LogP contribution >= 0.6 is 0 Å². The summed E-state index contributed by atoms with van der Waals surface area (Å²) in [5, 5.41) is 2.67. The van der Waals surface area contributed by atoms with Crippen molar-refractivity contribution < 1.29 is 4.57 Å². The number of pyridine rings is 1. The fourth-order valence-corrected chi connectivity index (χ4v) is 5.49. The zero-order valence-corrected chi connectivity index (χ0v) is 19.8. The number of aryl methyl sites for hydroxylation is 3. The van der Waals surface area contributed by atoms with Gasteiger partial charge in [0, 0.05) is 17.2 Å². The van der Waals surface area contributed by atoms with Crippen molar-refractivity contribution in [3.8, 4) is 22.4 Å². The van der Waals surface area contributed by atoms with Gasteiger partial charge in [-0.2, -0.15) is 0 Å². The summed E-state index contributed by atoms with van der Waals surface area (Å²) >= 11 is 0. The van der Waals surface area contributed by atoms with E-state index in [1.165, 1.54) is 55.4 Å². The quantitative estimate of drug-likeness (QED) is 0.295. The van der Waals surface area contributed by atoms with E-state index in [1.54, 1.807) is 0 Å². The zero-order valence-electron chi connectivity index (χ0n) is 19.8. The smallest absolute Gasteiger partial charge is 0.201 e. The van der Waals surface area contributed by atoms with Crippen molar-refractivity contribution in [2.24, 2.45) is 7.05 Å². The van der Waals surface area contributed by atoms with Gasteiger partial charge in [0.1, 0.15) is 7.05 Å². The molecule has 0 aliphatic heterocycles. The average molecular weight is 407 g/mol. The zero-order chi connectivity index (χ0) is 22.1. The minimum atomic E-state index is 0.00348. The molecule has 4 aromatic rings. The Labute approximate surface area is 186 Å². The standard InChI is InChI=1S/C30H32N/c1-19-12-15-27(31(7)18-19)23-17-26-24(16-20(23)2)28-22-11-9-8-10-21(22)13-14-25(28)29(3,4)30(26,5)6/h8-18H,1-7H3/q+1. The van der Waals surface area contributed by atoms with Gasteiger partial charge in [0.2, 0.25) is 5.69 Å². The lowest BCUT2D eigenvalue weighted by molar-refractivity contribution is -0.660. The fraction of sp³-hybridized carbons (Fsp3) is 0.300. The molecule has 1 heteroatoms. The molecule has 0 amide bonds. The van der Waals surface area contributed by atoms with Gasteiger partial charge in [0.05, 0.1) is 0 Å². The Morgan fingerprint density at radius 3 is 2.16 bits per heavy atom. The molecule has 3 aromatic carbocycles. The van der Waals surface area contributed by atoms with Crippen LogP contribution in [0.25, 0.3) is 33.2 Å². The number of hydrogen-bond acceptors (Lipinski definition) is 0. The number of fused-ring (bicyclic) bond motifs is 5. The van der Waals surface area contributed by atoms with Gasteiger partial charge in [0.15, 0.2) is 6.20 Å². The third-order valence-corrected chi connectivity index (χ3v) is 8.03. The molecule has 0 spiro atoms. The Hall–Kier alpha value is -2.93. The van der Waals surface area contributed by atoms with Crippen molar-refractivity contribution in [1.82, 2.24) is 0 Å². The second kappa shape index (κ2) is 6.53. The van der Waals surface area contributed by atoms with Crippen LogP contribution in [0.1, 0.15) is 49.9 Å². The van der Waals surface area contributed by atoms with Crippen LogP contribution in [0.2, 0.25) is 0 Å². The van der Waals surface area contributed by atoms with E-state index in [1.807, 2.05) is 0 Å². The molecule has 1 nitrogen and oxygen atoms in total. The molecular weight excluding hydrogens is 374 g/mol. The molecule has 0 saturated heterocycles. The van der Waals surface area contributed by atoms with Gasteiger partial charge < -0.3 is 0 Å². The summed E-state index contributed by atoms with van der Waals surface area (Å²) in [4.78, 5) is 0. The Balaban J connectivity index is 1.89. The third-order valence-electron chi connectivity index (χ3n) is 8.03. The second-order valence-electron chi connectivity index (χ2n) is 10.4. The average Bonchev–Trinajstić information content (AvgIpc) is 2.72. The van der Waals surface area contributed by atoms with E-state index >= 15 is 0 Å². The van der Waals surface area contributed by atoms with Gasteiger partial charge in [-0.05, 0) is 75.4 Å². The van der Waals surface area contributed by atoms with Crippen LogP contribution in [0, 0.1) is 13.8 Å². The van der Waals surface area contributed by atoms with Crippen molar-refractivity contribution in [2.45, 2.75) is 52.4 Å². The first-order chi connectivity index (χ1) is 14.6. The molecule has 0 bridgehead atoms. The third kappa shape index (κ3) is 2.72. The summed E-state index contributed by atoms with van der Waals surface area (Å²) in [5.41, 5.74) is 10.9. The van der Waals surface area contributed by atoms with Gasteiger partial charge in [-0.25, -0.2) is 4.57 Å². The molecule has 31 heavy (non-hydrogen) atoms. The molecule has 0 atom stereocenters. The molecule has 156 valence electrons. The van der Waals surface area contributed by atoms with Crippen LogP contribution in [0.4, 0.5) is 0 Å². The molecule has 1 aromatic heterocycles. The SMILES string of the molecule is Cc1ccc(-c2cc3c(cc2C)-c2c(ccc4ccccc24)C(C)(C)C3(C)C)[n+](C)c1. The van der Waals surface area contributed by atoms with Crippen LogP contribution in [-0.4, -0.2) is 0 Å². The van der Waals surface area contributed by atoms with Gasteiger partial charge in [-0.3, -0.25) is 0 Å². The maximum atomic E-state index is 2.47. The second-order valence-corrected chi connectivity index (χ2v) is 10.4. The van der Waals surface area contributed by atoms with Crippen molar-refractivity contribution in [3.63, 3.8) is 0 Å². The Bertz CT molecular complexity index is 1350. The Kier molecular flexibility index (Phi) is 4.21. The predicted molar refractivity (Wildman–Crippen MR) is 132 cm³/mol. The van der Waals surface area contributed by atoms with E-state index < -0.39 is 0 Å². The lowest BCUT2D eigenvalue weighted by Gasteiger charge is -2.49. The molecule has 1 aliphatic rings. The van der Waals surface area contributed by atoms with Crippen molar-refractivity contribution in [3.05, 3.63) is 89.1 Å². The molecule has 0 unspecified atom stereocenters. The molecule has 0 N–H and O–H groups in total. The topological polar surface area (TPSA) is 3.88 Å². The lowest BCUT2D eigenvalue weighted by atomic mass is 9.54. The molecule has 0 fully saturated rings. The van der Waals surface area contributed by atoms with E-state index in [0.29, 0.717) is 0 Å². The van der Waals surface area contributed by atoms with E-state index in [2.05, 4.69) is 120 Å². The maximum Gasteiger partial charge on any atom is 0.212 e. The molecule has 0 radical (unpaired) electrons. The highest BCUT2D eigenvalue weighted by atomic mass is 14.9. The molecule has 0 saturated carbocycles. The van der Waals surface area contributed by atoms with Crippen LogP contribution in [0.3, 0.4) is 0 Å². The van der Waals surface area contributed by atoms with Crippen molar-refractivity contribution in [2.75, 3.05) is 0 Å². The molecular formula is C30H32N+. The number of hydrogen-bond donors (Lipinski definition) is 0. The fourth-order valence-electron chi connectivity index (χ4n) is 5.49. The van der Waals surface area contributed by atoms with Crippen LogP contribution in [-0.2, 0) is 17.9 Å². The highest BCUT2D eigenvalue weighted by Crippen LogP contribution is 2.56. The summed E-state index contributed by atoms with van der Waals surface area (Å²) in [6, 6.07) is 22.9. The van der Waals surface area contributed by atoms with E-state index in [4.69, 9.17) is 0 Å². The largest absolute Gasteiger partial charge is 0.212 e. The first-order valence-electron chi connectivity index (χ1n) is 11.3. The summed E-state index contributed by atoms with van der Waals surface area (Å²) in [6.07, 6.45) is 2.21. The minimum Gasteiger partial charge on any atom is -0.201 e. The van der Waals surface area contributed by atoms with Gasteiger partial charge >= 0.3 is 0 Å². The predicted octanol–water partition coefficient (Wildman–Crippen LogP) is 7.18. The molecule has 5 rings (SSSR count). The Morgan fingerprint density at radius 1 is 0.710 bits per heavy atom. The van der Waals surface area contributed by atoms with Gasteiger partial charge in [0.25, 0.3) is 0 Å². The first kappa shape index (κ1) is 20.0.